The maximum absolute atomic E-state index is 11.5. The fraction of sp³-hybridized carbons (Fsp3) is 0.208. The summed E-state index contributed by atoms with van der Waals surface area (Å²) in [4.78, 5) is 11.5. The Bertz CT molecular complexity index is 735. The predicted molar refractivity (Wildman–Crippen MR) is 116 cm³/mol. The van der Waals surface area contributed by atoms with E-state index >= 15 is 0 Å². The van der Waals surface area contributed by atoms with Crippen molar-refractivity contribution < 1.29 is 9.53 Å². The van der Waals surface area contributed by atoms with E-state index < -0.39 is 7.26 Å². The molecule has 0 aliphatic rings. The van der Waals surface area contributed by atoms with Crippen LogP contribution in [0.5, 0.6) is 0 Å². The zero-order chi connectivity index (χ0) is 19.0. The number of hydrogen-bond donors (Lipinski definition) is 0. The molecule has 3 heteroatoms. The summed E-state index contributed by atoms with van der Waals surface area (Å²) in [5, 5.41) is 4.17. The molecule has 0 amide bonds. The van der Waals surface area contributed by atoms with Crippen molar-refractivity contribution in [3.05, 3.63) is 91.0 Å². The van der Waals surface area contributed by atoms with E-state index in [1.54, 1.807) is 0 Å². The van der Waals surface area contributed by atoms with Crippen LogP contribution in [0.25, 0.3) is 0 Å². The lowest BCUT2D eigenvalue weighted by atomic mass is 10.2. The van der Waals surface area contributed by atoms with Gasteiger partial charge in [-0.05, 0) is 49.2 Å². The summed E-state index contributed by atoms with van der Waals surface area (Å²) in [5.41, 5.74) is 0. The average Bonchev–Trinajstić information content (AvgIpc) is 2.75. The summed E-state index contributed by atoms with van der Waals surface area (Å²) in [7, 11) is -0.318. The van der Waals surface area contributed by atoms with Gasteiger partial charge in [-0.25, -0.2) is 0 Å². The van der Waals surface area contributed by atoms with Crippen molar-refractivity contribution in [1.82, 2.24) is 0 Å². The molecule has 27 heavy (non-hydrogen) atoms. The molecular formula is C24H26O2P+. The van der Waals surface area contributed by atoms with Gasteiger partial charge in [-0.2, -0.15) is 0 Å². The van der Waals surface area contributed by atoms with Gasteiger partial charge in [-0.15, -0.1) is 0 Å². The molecule has 0 aromatic heterocycles. The summed E-state index contributed by atoms with van der Waals surface area (Å²) in [6.07, 6.45) is 3.36. The molecular weight excluding hydrogens is 351 g/mol. The predicted octanol–water partition coefficient (Wildman–Crippen LogP) is 4.32. The minimum absolute atomic E-state index is 0.127. The first-order chi connectivity index (χ1) is 13.3. The van der Waals surface area contributed by atoms with Crippen molar-refractivity contribution in [2.75, 3.05) is 13.3 Å². The van der Waals surface area contributed by atoms with Crippen LogP contribution in [0.4, 0.5) is 0 Å². The highest BCUT2D eigenvalue weighted by atomic mass is 31.2. The van der Waals surface area contributed by atoms with Crippen molar-refractivity contribution in [2.45, 2.75) is 19.3 Å². The third-order valence-electron chi connectivity index (χ3n) is 4.94. The summed E-state index contributed by atoms with van der Waals surface area (Å²) in [5.74, 6) is -0.127. The second-order valence-electron chi connectivity index (χ2n) is 6.57. The van der Waals surface area contributed by atoms with Crippen LogP contribution in [-0.2, 0) is 9.53 Å². The van der Waals surface area contributed by atoms with Gasteiger partial charge in [-0.3, -0.25) is 4.79 Å². The molecule has 0 bridgehead atoms. The van der Waals surface area contributed by atoms with E-state index in [2.05, 4.69) is 91.0 Å². The van der Waals surface area contributed by atoms with Crippen molar-refractivity contribution in [1.29, 1.82) is 0 Å². The summed E-state index contributed by atoms with van der Waals surface area (Å²) in [6.45, 7) is 0. The first-order valence-electron chi connectivity index (χ1n) is 9.39. The largest absolute Gasteiger partial charge is 0.469 e. The van der Waals surface area contributed by atoms with E-state index in [1.807, 2.05) is 0 Å². The Morgan fingerprint density at radius 1 is 0.704 bits per heavy atom. The number of esters is 1. The van der Waals surface area contributed by atoms with Crippen LogP contribution in [0.15, 0.2) is 91.0 Å². The number of ether oxygens (including phenoxy) is 1. The molecule has 0 aliphatic heterocycles. The van der Waals surface area contributed by atoms with Crippen LogP contribution >= 0.6 is 7.26 Å². The number of hydrogen-bond acceptors (Lipinski definition) is 2. The van der Waals surface area contributed by atoms with Gasteiger partial charge >= 0.3 is 5.97 Å². The number of carbonyl (C=O) groups excluding carboxylic acids is 1. The minimum atomic E-state index is -1.77. The molecule has 2 nitrogen and oxygen atoms in total. The highest BCUT2D eigenvalue weighted by molar-refractivity contribution is 7.95. The molecule has 0 atom stereocenters. The van der Waals surface area contributed by atoms with Gasteiger partial charge in [-0.1, -0.05) is 54.6 Å². The second-order valence-corrected chi connectivity index (χ2v) is 10.2. The fourth-order valence-corrected chi connectivity index (χ4v) is 8.01. The number of methoxy groups -OCH3 is 1. The van der Waals surface area contributed by atoms with Crippen LogP contribution in [0.1, 0.15) is 19.3 Å². The fourth-order valence-electron chi connectivity index (χ4n) is 3.60. The smallest absolute Gasteiger partial charge is 0.305 e. The maximum Gasteiger partial charge on any atom is 0.305 e. The lowest BCUT2D eigenvalue weighted by Crippen LogP contribution is -2.33. The standard InChI is InChI=1S/C24H26O2P/c1-26-24(25)19-11-12-20-27(21-13-5-2-6-14-21,22-15-7-3-8-16-22)23-17-9-4-10-18-23/h2-10,13-18H,11-12,19-20H2,1H3/q+1. The summed E-state index contributed by atoms with van der Waals surface area (Å²) >= 11 is 0. The van der Waals surface area contributed by atoms with Crippen molar-refractivity contribution >= 4 is 29.1 Å². The molecule has 0 saturated heterocycles. The van der Waals surface area contributed by atoms with Crippen LogP contribution < -0.4 is 15.9 Å². The van der Waals surface area contributed by atoms with Crippen LogP contribution in [-0.4, -0.2) is 19.2 Å². The lowest BCUT2D eigenvalue weighted by Gasteiger charge is -2.27. The molecule has 0 spiro atoms. The van der Waals surface area contributed by atoms with Crippen LogP contribution in [0, 0.1) is 0 Å². The third kappa shape index (κ3) is 4.46. The number of benzene rings is 3. The molecule has 0 fully saturated rings. The summed E-state index contributed by atoms with van der Waals surface area (Å²) in [6, 6.07) is 32.5. The quantitative estimate of drug-likeness (QED) is 0.332. The van der Waals surface area contributed by atoms with Gasteiger partial charge in [0, 0.05) is 6.42 Å². The Kier molecular flexibility index (Phi) is 6.79. The Hall–Kier alpha value is -2.44. The van der Waals surface area contributed by atoms with Crippen LogP contribution in [0.2, 0.25) is 0 Å². The molecule has 0 aliphatic carbocycles. The van der Waals surface area contributed by atoms with Gasteiger partial charge in [0.05, 0.1) is 13.3 Å². The van der Waals surface area contributed by atoms with E-state index in [0.29, 0.717) is 6.42 Å². The third-order valence-corrected chi connectivity index (χ3v) is 9.47. The van der Waals surface area contributed by atoms with Gasteiger partial charge < -0.3 is 4.74 Å². The Morgan fingerprint density at radius 3 is 1.48 bits per heavy atom. The molecule has 0 unspecified atom stereocenters. The van der Waals surface area contributed by atoms with Crippen molar-refractivity contribution in [3.63, 3.8) is 0 Å². The monoisotopic (exact) mass is 377 g/mol. The van der Waals surface area contributed by atoms with E-state index in [-0.39, 0.29) is 5.97 Å². The van der Waals surface area contributed by atoms with E-state index in [1.165, 1.54) is 23.0 Å². The SMILES string of the molecule is COC(=O)CCCC[P+](c1ccccc1)(c1ccccc1)c1ccccc1. The topological polar surface area (TPSA) is 26.3 Å². The van der Waals surface area contributed by atoms with Crippen molar-refractivity contribution in [3.8, 4) is 0 Å². The average molecular weight is 377 g/mol. The molecule has 3 aromatic rings. The first-order valence-corrected chi connectivity index (χ1v) is 11.4. The van der Waals surface area contributed by atoms with E-state index in [0.717, 1.165) is 19.0 Å². The van der Waals surface area contributed by atoms with Gasteiger partial charge in [0.15, 0.2) is 0 Å². The van der Waals surface area contributed by atoms with Crippen LogP contribution in [0.3, 0.4) is 0 Å². The zero-order valence-electron chi connectivity index (χ0n) is 15.8. The Labute approximate surface area is 162 Å². The molecule has 0 N–H and O–H groups in total. The van der Waals surface area contributed by atoms with Gasteiger partial charge in [0.1, 0.15) is 23.2 Å². The molecule has 3 rings (SSSR count). The molecule has 0 radical (unpaired) electrons. The Morgan fingerprint density at radius 2 is 1.11 bits per heavy atom. The second kappa shape index (κ2) is 9.48. The maximum atomic E-state index is 11.5. The number of carbonyl (C=O) groups is 1. The summed E-state index contributed by atoms with van der Waals surface area (Å²) < 4.78 is 4.81. The Balaban J connectivity index is 2.04. The highest BCUT2D eigenvalue weighted by Crippen LogP contribution is 2.55. The zero-order valence-corrected chi connectivity index (χ0v) is 16.6. The normalized spacial score (nSPS) is 11.1. The molecule has 0 saturated carbocycles. The van der Waals surface area contributed by atoms with E-state index in [4.69, 9.17) is 4.74 Å². The number of rotatable bonds is 8. The van der Waals surface area contributed by atoms with Crippen molar-refractivity contribution in [2.24, 2.45) is 0 Å². The molecule has 138 valence electrons. The lowest BCUT2D eigenvalue weighted by molar-refractivity contribution is -0.140. The number of unbranched alkanes of at least 4 members (excludes halogenated alkanes) is 1. The first kappa shape index (κ1) is 19.3. The van der Waals surface area contributed by atoms with Gasteiger partial charge in [0.2, 0.25) is 0 Å². The highest BCUT2D eigenvalue weighted by Gasteiger charge is 2.44. The minimum Gasteiger partial charge on any atom is -0.469 e. The molecule has 0 heterocycles. The van der Waals surface area contributed by atoms with Gasteiger partial charge in [0.25, 0.3) is 0 Å². The molecule has 3 aromatic carbocycles. The van der Waals surface area contributed by atoms with E-state index in [9.17, 15) is 4.79 Å².